The Kier molecular flexibility index (Phi) is 6.54. The van der Waals surface area contributed by atoms with Crippen LogP contribution < -0.4 is 10.6 Å². The van der Waals surface area contributed by atoms with Gasteiger partial charge in [0.2, 0.25) is 5.91 Å². The molecular formula is C11H24N2O. The molecule has 0 aliphatic carbocycles. The minimum atomic E-state index is 0.0576. The van der Waals surface area contributed by atoms with Crippen molar-refractivity contribution in [2.45, 2.75) is 52.5 Å². The summed E-state index contributed by atoms with van der Waals surface area (Å²) in [6.45, 7) is 9.65. The van der Waals surface area contributed by atoms with E-state index in [9.17, 15) is 4.79 Å². The van der Waals surface area contributed by atoms with Gasteiger partial charge in [-0.1, -0.05) is 20.3 Å². The molecule has 0 aliphatic heterocycles. The second-order valence-electron chi connectivity index (χ2n) is 4.29. The summed E-state index contributed by atoms with van der Waals surface area (Å²) >= 11 is 0. The van der Waals surface area contributed by atoms with Crippen molar-refractivity contribution in [2.75, 3.05) is 13.1 Å². The molecule has 0 spiro atoms. The predicted octanol–water partition coefficient (Wildman–Crippen LogP) is 1.68. The quantitative estimate of drug-likeness (QED) is 0.614. The number of amides is 1. The Morgan fingerprint density at radius 2 is 1.93 bits per heavy atom. The number of unbranched alkanes of at least 4 members (excludes halogenated alkanes) is 1. The highest BCUT2D eigenvalue weighted by Crippen LogP contribution is 2.05. The summed E-state index contributed by atoms with van der Waals surface area (Å²) in [5.41, 5.74) is 0.0576. The molecule has 0 fully saturated rings. The highest BCUT2D eigenvalue weighted by atomic mass is 16.1. The Balaban J connectivity index is 3.53. The summed E-state index contributed by atoms with van der Waals surface area (Å²) in [6, 6.07) is 0. The number of hydrogen-bond donors (Lipinski definition) is 2. The van der Waals surface area contributed by atoms with E-state index >= 15 is 0 Å². The molecule has 0 aromatic heterocycles. The molecule has 0 saturated carbocycles. The molecule has 0 heterocycles. The Labute approximate surface area is 87.6 Å². The fourth-order valence-corrected chi connectivity index (χ4v) is 0.912. The van der Waals surface area contributed by atoms with Gasteiger partial charge < -0.3 is 10.6 Å². The Hall–Kier alpha value is -0.570. The molecule has 0 aliphatic rings. The first kappa shape index (κ1) is 13.4. The third-order valence-corrected chi connectivity index (χ3v) is 2.46. The molecule has 0 bridgehead atoms. The molecule has 14 heavy (non-hydrogen) atoms. The fraction of sp³-hybridized carbons (Fsp3) is 0.909. The van der Waals surface area contributed by atoms with E-state index in [0.29, 0.717) is 6.54 Å². The van der Waals surface area contributed by atoms with Gasteiger partial charge >= 0.3 is 0 Å². The van der Waals surface area contributed by atoms with Crippen molar-refractivity contribution in [3.63, 3.8) is 0 Å². The van der Waals surface area contributed by atoms with Crippen molar-refractivity contribution < 1.29 is 4.79 Å². The second-order valence-corrected chi connectivity index (χ2v) is 4.29. The van der Waals surface area contributed by atoms with Crippen molar-refractivity contribution in [2.24, 2.45) is 0 Å². The van der Waals surface area contributed by atoms with Crippen molar-refractivity contribution in [3.05, 3.63) is 0 Å². The maximum atomic E-state index is 11.3. The minimum Gasteiger partial charge on any atom is -0.355 e. The summed E-state index contributed by atoms with van der Waals surface area (Å²) in [4.78, 5) is 11.3. The number of carbonyl (C=O) groups is 1. The number of hydrogen-bond acceptors (Lipinski definition) is 2. The van der Waals surface area contributed by atoms with Crippen LogP contribution in [0.2, 0.25) is 0 Å². The molecule has 84 valence electrons. The molecule has 0 rings (SSSR count). The summed E-state index contributed by atoms with van der Waals surface area (Å²) in [5.74, 6) is 0.0972. The lowest BCUT2D eigenvalue weighted by Crippen LogP contribution is -2.44. The van der Waals surface area contributed by atoms with Gasteiger partial charge in [0.25, 0.3) is 0 Å². The SMILES string of the molecule is CCCCNC(=O)CNC(C)(C)CC. The molecular weight excluding hydrogens is 176 g/mol. The Morgan fingerprint density at radius 1 is 1.29 bits per heavy atom. The maximum absolute atomic E-state index is 11.3. The Morgan fingerprint density at radius 3 is 2.43 bits per heavy atom. The van der Waals surface area contributed by atoms with Crippen LogP contribution in [0.1, 0.15) is 47.0 Å². The van der Waals surface area contributed by atoms with Gasteiger partial charge in [-0.15, -0.1) is 0 Å². The van der Waals surface area contributed by atoms with E-state index in [1.807, 2.05) is 0 Å². The molecule has 0 atom stereocenters. The van der Waals surface area contributed by atoms with E-state index in [-0.39, 0.29) is 11.4 Å². The summed E-state index contributed by atoms with van der Waals surface area (Å²) < 4.78 is 0. The highest BCUT2D eigenvalue weighted by Gasteiger charge is 2.14. The lowest BCUT2D eigenvalue weighted by molar-refractivity contribution is -0.120. The predicted molar refractivity (Wildman–Crippen MR) is 60.3 cm³/mol. The van der Waals surface area contributed by atoms with Crippen LogP contribution in [0, 0.1) is 0 Å². The molecule has 3 heteroatoms. The van der Waals surface area contributed by atoms with Crippen molar-refractivity contribution >= 4 is 5.91 Å². The van der Waals surface area contributed by atoms with Crippen LogP contribution in [0.5, 0.6) is 0 Å². The van der Waals surface area contributed by atoms with Crippen LogP contribution in [-0.4, -0.2) is 24.5 Å². The molecule has 0 aromatic rings. The highest BCUT2D eigenvalue weighted by molar-refractivity contribution is 5.78. The average Bonchev–Trinajstić information content (AvgIpc) is 2.16. The van der Waals surface area contributed by atoms with E-state index in [0.717, 1.165) is 25.8 Å². The van der Waals surface area contributed by atoms with Crippen LogP contribution in [0.25, 0.3) is 0 Å². The van der Waals surface area contributed by atoms with Gasteiger partial charge in [-0.2, -0.15) is 0 Å². The number of carbonyl (C=O) groups excluding carboxylic acids is 1. The first-order chi connectivity index (χ1) is 6.52. The largest absolute Gasteiger partial charge is 0.355 e. The summed E-state index contributed by atoms with van der Waals surface area (Å²) in [6.07, 6.45) is 3.20. The monoisotopic (exact) mass is 200 g/mol. The fourth-order valence-electron chi connectivity index (χ4n) is 0.912. The molecule has 2 N–H and O–H groups in total. The second kappa shape index (κ2) is 6.82. The van der Waals surface area contributed by atoms with E-state index < -0.39 is 0 Å². The van der Waals surface area contributed by atoms with Gasteiger partial charge in [0.05, 0.1) is 6.54 Å². The van der Waals surface area contributed by atoms with Gasteiger partial charge in [-0.3, -0.25) is 4.79 Å². The first-order valence-electron chi connectivity index (χ1n) is 5.53. The summed E-state index contributed by atoms with van der Waals surface area (Å²) in [7, 11) is 0. The first-order valence-corrected chi connectivity index (χ1v) is 5.53. The van der Waals surface area contributed by atoms with Gasteiger partial charge in [0.1, 0.15) is 0 Å². The smallest absolute Gasteiger partial charge is 0.233 e. The average molecular weight is 200 g/mol. The van der Waals surface area contributed by atoms with Gasteiger partial charge in [0.15, 0.2) is 0 Å². The van der Waals surface area contributed by atoms with E-state index in [1.165, 1.54) is 0 Å². The zero-order valence-electron chi connectivity index (χ0n) is 9.94. The standard InChI is InChI=1S/C11H24N2O/c1-5-7-8-12-10(14)9-13-11(3,4)6-2/h13H,5-9H2,1-4H3,(H,12,14). The third kappa shape index (κ3) is 6.89. The van der Waals surface area contributed by atoms with Crippen molar-refractivity contribution in [1.82, 2.24) is 10.6 Å². The van der Waals surface area contributed by atoms with Crippen LogP contribution in [0.4, 0.5) is 0 Å². The van der Waals surface area contributed by atoms with Crippen molar-refractivity contribution in [3.8, 4) is 0 Å². The van der Waals surface area contributed by atoms with Crippen LogP contribution in [0.3, 0.4) is 0 Å². The lowest BCUT2D eigenvalue weighted by atomic mass is 10.0. The number of rotatable bonds is 7. The van der Waals surface area contributed by atoms with Crippen LogP contribution >= 0.6 is 0 Å². The third-order valence-electron chi connectivity index (χ3n) is 2.46. The van der Waals surface area contributed by atoms with Gasteiger partial charge in [-0.25, -0.2) is 0 Å². The molecule has 0 saturated heterocycles. The van der Waals surface area contributed by atoms with Gasteiger partial charge in [-0.05, 0) is 26.7 Å². The van der Waals surface area contributed by atoms with Crippen LogP contribution in [-0.2, 0) is 4.79 Å². The molecule has 0 radical (unpaired) electrons. The zero-order valence-corrected chi connectivity index (χ0v) is 9.94. The maximum Gasteiger partial charge on any atom is 0.233 e. The zero-order chi connectivity index (χ0) is 11.0. The van der Waals surface area contributed by atoms with Crippen LogP contribution in [0.15, 0.2) is 0 Å². The van der Waals surface area contributed by atoms with Crippen molar-refractivity contribution in [1.29, 1.82) is 0 Å². The van der Waals surface area contributed by atoms with E-state index in [1.54, 1.807) is 0 Å². The molecule has 1 amide bonds. The van der Waals surface area contributed by atoms with E-state index in [4.69, 9.17) is 0 Å². The lowest BCUT2D eigenvalue weighted by Gasteiger charge is -2.24. The topological polar surface area (TPSA) is 41.1 Å². The minimum absolute atomic E-state index is 0.0576. The molecule has 3 nitrogen and oxygen atoms in total. The normalized spacial score (nSPS) is 11.4. The molecule has 0 unspecified atom stereocenters. The van der Waals surface area contributed by atoms with Gasteiger partial charge in [0, 0.05) is 12.1 Å². The summed E-state index contributed by atoms with van der Waals surface area (Å²) in [5, 5.41) is 6.10. The Bertz CT molecular complexity index is 167. The number of nitrogens with one attached hydrogen (secondary N) is 2. The van der Waals surface area contributed by atoms with E-state index in [2.05, 4.69) is 38.3 Å². The molecule has 0 aromatic carbocycles.